The van der Waals surface area contributed by atoms with Gasteiger partial charge in [-0.25, -0.2) is 9.97 Å². The zero-order valence-corrected chi connectivity index (χ0v) is 8.83. The molecule has 2 heterocycles. The van der Waals surface area contributed by atoms with Gasteiger partial charge in [0.25, 0.3) is 5.91 Å². The van der Waals surface area contributed by atoms with Crippen LogP contribution in [0.25, 0.3) is 0 Å². The molecule has 0 atom stereocenters. The monoisotopic (exact) mass is 222 g/mol. The highest BCUT2D eigenvalue weighted by atomic mass is 16.3. The maximum atomic E-state index is 12.0. The van der Waals surface area contributed by atoms with Crippen molar-refractivity contribution in [1.29, 1.82) is 0 Å². The Morgan fingerprint density at radius 2 is 2.19 bits per heavy atom. The van der Waals surface area contributed by atoms with Gasteiger partial charge in [0, 0.05) is 19.3 Å². The molecule has 6 heteroatoms. The standard InChI is InChI=1S/C10H14N4O2/c11-9-8(5-12-6-13-9)10(16)14-3-1-7(15)2-4-14/h5-7,15H,1-4H2,(H2,11,12,13). The van der Waals surface area contributed by atoms with Gasteiger partial charge in [0.05, 0.1) is 11.7 Å². The van der Waals surface area contributed by atoms with Crippen LogP contribution in [0.2, 0.25) is 0 Å². The second-order valence-corrected chi connectivity index (χ2v) is 3.85. The van der Waals surface area contributed by atoms with Gasteiger partial charge in [-0.05, 0) is 12.8 Å². The Labute approximate surface area is 93.1 Å². The lowest BCUT2D eigenvalue weighted by Gasteiger charge is -2.29. The molecule has 3 N–H and O–H groups in total. The second-order valence-electron chi connectivity index (χ2n) is 3.85. The summed E-state index contributed by atoms with van der Waals surface area (Å²) in [6.07, 6.45) is 3.66. The molecule has 1 saturated heterocycles. The molecule has 1 aliphatic rings. The molecule has 6 nitrogen and oxygen atoms in total. The van der Waals surface area contributed by atoms with Crippen molar-refractivity contribution in [2.45, 2.75) is 18.9 Å². The van der Waals surface area contributed by atoms with E-state index in [1.807, 2.05) is 0 Å². The molecule has 16 heavy (non-hydrogen) atoms. The molecule has 86 valence electrons. The number of hydrogen-bond acceptors (Lipinski definition) is 5. The summed E-state index contributed by atoms with van der Waals surface area (Å²) in [5.41, 5.74) is 5.94. The van der Waals surface area contributed by atoms with Crippen LogP contribution in [0, 0.1) is 0 Å². The van der Waals surface area contributed by atoms with Crippen LogP contribution in [0.5, 0.6) is 0 Å². The van der Waals surface area contributed by atoms with Gasteiger partial charge >= 0.3 is 0 Å². The van der Waals surface area contributed by atoms with E-state index in [4.69, 9.17) is 5.73 Å². The fourth-order valence-corrected chi connectivity index (χ4v) is 1.74. The first kappa shape index (κ1) is 10.8. The Bertz CT molecular complexity index is 388. The first-order valence-electron chi connectivity index (χ1n) is 5.21. The number of anilines is 1. The molecule has 2 rings (SSSR count). The number of rotatable bonds is 1. The van der Waals surface area contributed by atoms with Gasteiger partial charge in [0.1, 0.15) is 12.1 Å². The lowest BCUT2D eigenvalue weighted by Crippen LogP contribution is -2.40. The highest BCUT2D eigenvalue weighted by Crippen LogP contribution is 2.15. The number of carbonyl (C=O) groups excluding carboxylic acids is 1. The highest BCUT2D eigenvalue weighted by molar-refractivity contribution is 5.97. The zero-order valence-electron chi connectivity index (χ0n) is 8.83. The van der Waals surface area contributed by atoms with E-state index in [1.54, 1.807) is 4.90 Å². The summed E-state index contributed by atoms with van der Waals surface area (Å²) in [6.45, 7) is 1.10. The SMILES string of the molecule is Nc1ncncc1C(=O)N1CCC(O)CC1. The summed E-state index contributed by atoms with van der Waals surface area (Å²) >= 11 is 0. The predicted molar refractivity (Wildman–Crippen MR) is 57.6 cm³/mol. The lowest BCUT2D eigenvalue weighted by atomic mass is 10.1. The minimum atomic E-state index is -0.298. The summed E-state index contributed by atoms with van der Waals surface area (Å²) in [7, 11) is 0. The summed E-state index contributed by atoms with van der Waals surface area (Å²) in [4.78, 5) is 21.2. The summed E-state index contributed by atoms with van der Waals surface area (Å²) in [5.74, 6) is 0.0381. The maximum absolute atomic E-state index is 12.0. The quantitative estimate of drug-likeness (QED) is 0.678. The molecule has 1 aromatic heterocycles. The number of amides is 1. The van der Waals surface area contributed by atoms with Gasteiger partial charge in [-0.1, -0.05) is 0 Å². The number of aromatic nitrogens is 2. The number of aliphatic hydroxyl groups is 1. The van der Waals surface area contributed by atoms with Crippen LogP contribution in [0.15, 0.2) is 12.5 Å². The molecule has 0 bridgehead atoms. The molecule has 0 radical (unpaired) electrons. The third-order valence-electron chi connectivity index (χ3n) is 2.73. The fourth-order valence-electron chi connectivity index (χ4n) is 1.74. The van der Waals surface area contributed by atoms with Crippen LogP contribution >= 0.6 is 0 Å². The van der Waals surface area contributed by atoms with Crippen LogP contribution < -0.4 is 5.73 Å². The van der Waals surface area contributed by atoms with E-state index in [9.17, 15) is 9.90 Å². The minimum Gasteiger partial charge on any atom is -0.393 e. The third-order valence-corrected chi connectivity index (χ3v) is 2.73. The second kappa shape index (κ2) is 4.44. The number of nitrogens with zero attached hydrogens (tertiary/aromatic N) is 3. The first-order valence-corrected chi connectivity index (χ1v) is 5.21. The minimum absolute atomic E-state index is 0.162. The van der Waals surface area contributed by atoms with E-state index in [-0.39, 0.29) is 17.8 Å². The van der Waals surface area contributed by atoms with Crippen molar-refractivity contribution in [3.05, 3.63) is 18.1 Å². The van der Waals surface area contributed by atoms with Crippen molar-refractivity contribution >= 4 is 11.7 Å². The van der Waals surface area contributed by atoms with Gasteiger partial charge in [-0.15, -0.1) is 0 Å². The smallest absolute Gasteiger partial charge is 0.259 e. The summed E-state index contributed by atoms with van der Waals surface area (Å²) < 4.78 is 0. The maximum Gasteiger partial charge on any atom is 0.259 e. The van der Waals surface area contributed by atoms with E-state index >= 15 is 0 Å². The fraction of sp³-hybridized carbons (Fsp3) is 0.500. The first-order chi connectivity index (χ1) is 7.68. The summed E-state index contributed by atoms with van der Waals surface area (Å²) in [6, 6.07) is 0. The Morgan fingerprint density at radius 1 is 1.50 bits per heavy atom. The number of nitrogens with two attached hydrogens (primary N) is 1. The van der Waals surface area contributed by atoms with Crippen molar-refractivity contribution in [2.24, 2.45) is 0 Å². The molecule has 0 aromatic carbocycles. The average Bonchev–Trinajstić information content (AvgIpc) is 2.30. The number of nitrogen functional groups attached to an aromatic ring is 1. The zero-order chi connectivity index (χ0) is 11.5. The van der Waals surface area contributed by atoms with Crippen LogP contribution in [0.4, 0.5) is 5.82 Å². The molecular weight excluding hydrogens is 208 g/mol. The van der Waals surface area contributed by atoms with E-state index in [1.165, 1.54) is 12.5 Å². The molecule has 0 unspecified atom stereocenters. The summed E-state index contributed by atoms with van der Waals surface area (Å²) in [5, 5.41) is 9.35. The van der Waals surface area contributed by atoms with Crippen molar-refractivity contribution in [3.63, 3.8) is 0 Å². The molecule has 1 aliphatic heterocycles. The molecule has 0 aliphatic carbocycles. The van der Waals surface area contributed by atoms with E-state index < -0.39 is 0 Å². The van der Waals surface area contributed by atoms with Crippen LogP contribution in [0.3, 0.4) is 0 Å². The van der Waals surface area contributed by atoms with Crippen molar-refractivity contribution in [2.75, 3.05) is 18.8 Å². The topological polar surface area (TPSA) is 92.3 Å². The third kappa shape index (κ3) is 2.11. The Morgan fingerprint density at radius 3 is 2.81 bits per heavy atom. The van der Waals surface area contributed by atoms with Gasteiger partial charge in [0.2, 0.25) is 0 Å². The number of aliphatic hydroxyl groups excluding tert-OH is 1. The van der Waals surface area contributed by atoms with E-state index in [2.05, 4.69) is 9.97 Å². The van der Waals surface area contributed by atoms with Gasteiger partial charge in [0.15, 0.2) is 0 Å². The molecule has 0 saturated carbocycles. The van der Waals surface area contributed by atoms with Crippen molar-refractivity contribution in [1.82, 2.24) is 14.9 Å². The van der Waals surface area contributed by atoms with Crippen LogP contribution in [-0.2, 0) is 0 Å². The van der Waals surface area contributed by atoms with Gasteiger partial charge < -0.3 is 15.7 Å². The Hall–Kier alpha value is -1.69. The molecule has 1 amide bonds. The largest absolute Gasteiger partial charge is 0.393 e. The number of likely N-dealkylation sites (tertiary alicyclic amines) is 1. The average molecular weight is 222 g/mol. The number of carbonyl (C=O) groups is 1. The Balaban J connectivity index is 2.11. The lowest BCUT2D eigenvalue weighted by molar-refractivity contribution is 0.0547. The molecule has 1 fully saturated rings. The van der Waals surface area contributed by atoms with Gasteiger partial charge in [-0.3, -0.25) is 4.79 Å². The van der Waals surface area contributed by atoms with E-state index in [0.717, 1.165) is 0 Å². The Kier molecular flexibility index (Phi) is 3.00. The number of hydrogen-bond donors (Lipinski definition) is 2. The molecular formula is C10H14N4O2. The molecule has 1 aromatic rings. The van der Waals surface area contributed by atoms with Crippen LogP contribution in [0.1, 0.15) is 23.2 Å². The number of piperidine rings is 1. The van der Waals surface area contributed by atoms with E-state index in [0.29, 0.717) is 31.5 Å². The highest BCUT2D eigenvalue weighted by Gasteiger charge is 2.23. The molecule has 0 spiro atoms. The normalized spacial score (nSPS) is 17.4. The van der Waals surface area contributed by atoms with Crippen molar-refractivity contribution < 1.29 is 9.90 Å². The van der Waals surface area contributed by atoms with Crippen molar-refractivity contribution in [3.8, 4) is 0 Å². The predicted octanol–water partition coefficient (Wildman–Crippen LogP) is -0.344. The van der Waals surface area contributed by atoms with Crippen LogP contribution in [-0.4, -0.2) is 45.1 Å². The van der Waals surface area contributed by atoms with Gasteiger partial charge in [-0.2, -0.15) is 0 Å².